The van der Waals surface area contributed by atoms with Gasteiger partial charge in [0.1, 0.15) is 0 Å². The normalized spacial score (nSPS) is 42.9. The molecule has 0 bridgehead atoms. The molecule has 2 aliphatic carbocycles. The van der Waals surface area contributed by atoms with Gasteiger partial charge >= 0.3 is 0 Å². The van der Waals surface area contributed by atoms with Crippen molar-refractivity contribution in [2.75, 3.05) is 6.61 Å². The maximum Gasteiger partial charge on any atom is 0.0685 e. The molecule has 1 heterocycles. The van der Waals surface area contributed by atoms with Gasteiger partial charge in [-0.25, -0.2) is 0 Å². The minimum Gasteiger partial charge on any atom is -0.375 e. The lowest BCUT2D eigenvalue weighted by Crippen LogP contribution is -2.47. The standard InChI is InChI=1S/C14H25NO/c15-13-4-1-3-11(9-13)12-5-8-16-14(10-12)6-2-7-14/h11-13H,1-10,15H2. The highest BCUT2D eigenvalue weighted by atomic mass is 16.5. The van der Waals surface area contributed by atoms with E-state index in [0.29, 0.717) is 11.6 Å². The number of hydrogen-bond acceptors (Lipinski definition) is 2. The van der Waals surface area contributed by atoms with E-state index >= 15 is 0 Å². The molecule has 0 aromatic rings. The Bertz CT molecular complexity index is 249. The average Bonchev–Trinajstić information content (AvgIpc) is 2.27. The van der Waals surface area contributed by atoms with Gasteiger partial charge in [-0.1, -0.05) is 12.8 Å². The van der Waals surface area contributed by atoms with Gasteiger partial charge in [-0.3, -0.25) is 0 Å². The Kier molecular flexibility index (Phi) is 2.97. The van der Waals surface area contributed by atoms with Crippen molar-refractivity contribution in [3.63, 3.8) is 0 Å². The second kappa shape index (κ2) is 4.30. The van der Waals surface area contributed by atoms with E-state index in [-0.39, 0.29) is 0 Å². The molecule has 2 heteroatoms. The zero-order valence-electron chi connectivity index (χ0n) is 10.3. The van der Waals surface area contributed by atoms with Gasteiger partial charge in [0.25, 0.3) is 0 Å². The van der Waals surface area contributed by atoms with E-state index < -0.39 is 0 Å². The molecule has 3 fully saturated rings. The minimum atomic E-state index is 0.324. The molecule has 3 unspecified atom stereocenters. The number of ether oxygens (including phenoxy) is 1. The topological polar surface area (TPSA) is 35.2 Å². The van der Waals surface area contributed by atoms with E-state index in [4.69, 9.17) is 10.5 Å². The van der Waals surface area contributed by atoms with Crippen molar-refractivity contribution in [1.82, 2.24) is 0 Å². The van der Waals surface area contributed by atoms with Gasteiger partial charge in [-0.05, 0) is 56.8 Å². The quantitative estimate of drug-likeness (QED) is 0.742. The molecule has 3 atom stereocenters. The largest absolute Gasteiger partial charge is 0.375 e. The zero-order chi connectivity index (χ0) is 11.0. The highest BCUT2D eigenvalue weighted by Crippen LogP contribution is 2.47. The smallest absolute Gasteiger partial charge is 0.0685 e. The molecule has 2 nitrogen and oxygen atoms in total. The van der Waals surface area contributed by atoms with Gasteiger partial charge in [0.2, 0.25) is 0 Å². The van der Waals surface area contributed by atoms with Gasteiger partial charge in [-0.15, -0.1) is 0 Å². The molecule has 0 amide bonds. The van der Waals surface area contributed by atoms with Crippen molar-refractivity contribution in [3.8, 4) is 0 Å². The fraction of sp³-hybridized carbons (Fsp3) is 1.00. The van der Waals surface area contributed by atoms with Crippen LogP contribution in [-0.4, -0.2) is 18.2 Å². The summed E-state index contributed by atoms with van der Waals surface area (Å²) < 4.78 is 6.02. The Hall–Kier alpha value is -0.0800. The zero-order valence-corrected chi connectivity index (χ0v) is 10.3. The van der Waals surface area contributed by atoms with E-state index in [1.165, 1.54) is 57.8 Å². The molecule has 1 spiro atoms. The highest BCUT2D eigenvalue weighted by Gasteiger charge is 2.44. The molecule has 3 aliphatic rings. The number of hydrogen-bond donors (Lipinski definition) is 1. The lowest BCUT2D eigenvalue weighted by molar-refractivity contribution is -0.151. The maximum atomic E-state index is 6.11. The average molecular weight is 223 g/mol. The lowest BCUT2D eigenvalue weighted by Gasteiger charge is -2.49. The summed E-state index contributed by atoms with van der Waals surface area (Å²) in [5.74, 6) is 1.82. The van der Waals surface area contributed by atoms with Crippen LogP contribution in [0.5, 0.6) is 0 Å². The van der Waals surface area contributed by atoms with Crippen LogP contribution < -0.4 is 5.73 Å². The first-order valence-electron chi connectivity index (χ1n) is 7.17. The number of rotatable bonds is 1. The van der Waals surface area contributed by atoms with E-state index in [2.05, 4.69) is 0 Å². The van der Waals surface area contributed by atoms with Crippen molar-refractivity contribution in [1.29, 1.82) is 0 Å². The van der Waals surface area contributed by atoms with Gasteiger partial charge in [0.15, 0.2) is 0 Å². The van der Waals surface area contributed by atoms with Crippen molar-refractivity contribution in [2.24, 2.45) is 17.6 Å². The Morgan fingerprint density at radius 1 is 1.00 bits per heavy atom. The summed E-state index contributed by atoms with van der Waals surface area (Å²) in [6.45, 7) is 1.01. The van der Waals surface area contributed by atoms with Crippen LogP contribution in [0.1, 0.15) is 57.8 Å². The van der Waals surface area contributed by atoms with E-state index in [1.54, 1.807) is 0 Å². The van der Waals surface area contributed by atoms with Gasteiger partial charge in [0.05, 0.1) is 5.60 Å². The molecule has 0 aromatic carbocycles. The first-order chi connectivity index (χ1) is 7.77. The SMILES string of the molecule is NC1CCCC(C2CCOC3(CCC3)C2)C1. The third-order valence-corrected chi connectivity index (χ3v) is 5.22. The molecular formula is C14H25NO. The summed E-state index contributed by atoms with van der Waals surface area (Å²) in [6, 6.07) is 0.485. The van der Waals surface area contributed by atoms with Crippen LogP contribution in [0.2, 0.25) is 0 Å². The van der Waals surface area contributed by atoms with Crippen molar-refractivity contribution in [2.45, 2.75) is 69.4 Å². The summed E-state index contributed by atoms with van der Waals surface area (Å²) in [7, 11) is 0. The second-order valence-corrected chi connectivity index (χ2v) is 6.32. The van der Waals surface area contributed by atoms with Crippen LogP contribution in [0, 0.1) is 11.8 Å². The Balaban J connectivity index is 1.61. The van der Waals surface area contributed by atoms with Crippen LogP contribution in [0.25, 0.3) is 0 Å². The Morgan fingerprint density at radius 2 is 1.88 bits per heavy atom. The minimum absolute atomic E-state index is 0.324. The molecule has 92 valence electrons. The predicted molar refractivity (Wildman–Crippen MR) is 65.2 cm³/mol. The Labute approximate surface area is 98.9 Å². The van der Waals surface area contributed by atoms with Gasteiger partial charge in [-0.2, -0.15) is 0 Å². The lowest BCUT2D eigenvalue weighted by atomic mass is 9.66. The van der Waals surface area contributed by atoms with Crippen molar-refractivity contribution < 1.29 is 4.74 Å². The van der Waals surface area contributed by atoms with Crippen LogP contribution in [-0.2, 0) is 4.74 Å². The van der Waals surface area contributed by atoms with Crippen LogP contribution >= 0.6 is 0 Å². The monoisotopic (exact) mass is 223 g/mol. The van der Waals surface area contributed by atoms with Crippen LogP contribution in [0.4, 0.5) is 0 Å². The second-order valence-electron chi connectivity index (χ2n) is 6.32. The maximum absolute atomic E-state index is 6.11. The molecule has 0 radical (unpaired) electrons. The molecule has 1 aliphatic heterocycles. The summed E-state index contributed by atoms with van der Waals surface area (Å²) in [5, 5.41) is 0. The molecule has 2 saturated carbocycles. The molecule has 1 saturated heterocycles. The van der Waals surface area contributed by atoms with E-state index in [0.717, 1.165) is 18.4 Å². The van der Waals surface area contributed by atoms with Crippen LogP contribution in [0.15, 0.2) is 0 Å². The Morgan fingerprint density at radius 3 is 2.56 bits per heavy atom. The molecule has 16 heavy (non-hydrogen) atoms. The third kappa shape index (κ3) is 2.02. The fourth-order valence-electron chi connectivity index (χ4n) is 4.08. The van der Waals surface area contributed by atoms with Crippen molar-refractivity contribution in [3.05, 3.63) is 0 Å². The molecule has 2 N–H and O–H groups in total. The van der Waals surface area contributed by atoms with Crippen molar-refractivity contribution >= 4 is 0 Å². The fourth-order valence-corrected chi connectivity index (χ4v) is 4.08. The predicted octanol–water partition coefficient (Wildman–Crippen LogP) is 2.85. The summed E-state index contributed by atoms with van der Waals surface area (Å²) in [4.78, 5) is 0. The first-order valence-corrected chi connectivity index (χ1v) is 7.17. The first kappa shape index (κ1) is 11.0. The summed E-state index contributed by atoms with van der Waals surface area (Å²) in [6.07, 6.45) is 12.0. The summed E-state index contributed by atoms with van der Waals surface area (Å²) in [5.41, 5.74) is 6.44. The van der Waals surface area contributed by atoms with E-state index in [9.17, 15) is 0 Å². The summed E-state index contributed by atoms with van der Waals surface area (Å²) >= 11 is 0. The van der Waals surface area contributed by atoms with E-state index in [1.807, 2.05) is 0 Å². The number of nitrogens with two attached hydrogens (primary N) is 1. The molecular weight excluding hydrogens is 198 g/mol. The highest BCUT2D eigenvalue weighted by molar-refractivity contribution is 4.96. The molecule has 0 aromatic heterocycles. The van der Waals surface area contributed by atoms with Gasteiger partial charge in [0, 0.05) is 12.6 Å². The van der Waals surface area contributed by atoms with Gasteiger partial charge < -0.3 is 10.5 Å². The third-order valence-electron chi connectivity index (χ3n) is 5.22. The molecule has 3 rings (SSSR count). The van der Waals surface area contributed by atoms with Crippen LogP contribution in [0.3, 0.4) is 0 Å².